The summed E-state index contributed by atoms with van der Waals surface area (Å²) in [5.41, 5.74) is 3.98. The van der Waals surface area contributed by atoms with Gasteiger partial charge in [0, 0.05) is 6.54 Å². The Labute approximate surface area is 233 Å². The zero-order valence-corrected chi connectivity index (χ0v) is 23.2. The van der Waals surface area contributed by atoms with Crippen molar-refractivity contribution in [1.29, 1.82) is 0 Å². The van der Waals surface area contributed by atoms with Gasteiger partial charge in [0.25, 0.3) is 5.91 Å². The number of amides is 1. The van der Waals surface area contributed by atoms with E-state index in [0.29, 0.717) is 5.76 Å². The average molecular weight is 581 g/mol. The molecule has 0 radical (unpaired) electrons. The summed E-state index contributed by atoms with van der Waals surface area (Å²) in [5.74, 6) is -0.0429. The number of rotatable bonds is 12. The maximum Gasteiger partial charge on any atom is 0.255 e. The molecule has 1 aromatic heterocycles. The third-order valence-electron chi connectivity index (χ3n) is 5.73. The van der Waals surface area contributed by atoms with E-state index in [9.17, 15) is 21.6 Å². The molecule has 0 atom stereocenters. The third kappa shape index (κ3) is 7.73. The highest BCUT2D eigenvalue weighted by molar-refractivity contribution is 7.89. The molecule has 3 aromatic carbocycles. The maximum atomic E-state index is 13.3. The molecular weight excluding hydrogens is 552 g/mol. The number of hydrogen-bond acceptors (Lipinski definition) is 7. The minimum absolute atomic E-state index is 0.00472. The molecule has 2 N–H and O–H groups in total. The van der Waals surface area contributed by atoms with Gasteiger partial charge in [-0.05, 0) is 48.9 Å². The predicted octanol–water partition coefficient (Wildman–Crippen LogP) is 3.41. The Morgan fingerprint density at radius 3 is 2.17 bits per heavy atom. The molecule has 0 aliphatic heterocycles. The van der Waals surface area contributed by atoms with Gasteiger partial charge in [-0.1, -0.05) is 66.2 Å². The van der Waals surface area contributed by atoms with Crippen LogP contribution < -0.4 is 10.1 Å². The summed E-state index contributed by atoms with van der Waals surface area (Å²) in [7, 11) is -7.68. The molecule has 12 heteroatoms. The first-order valence-corrected chi connectivity index (χ1v) is 15.1. The van der Waals surface area contributed by atoms with Crippen molar-refractivity contribution in [3.05, 3.63) is 120 Å². The van der Waals surface area contributed by atoms with Gasteiger partial charge >= 0.3 is 0 Å². The van der Waals surface area contributed by atoms with E-state index in [1.807, 2.05) is 13.0 Å². The largest absolute Gasteiger partial charge is 0.459 e. The Morgan fingerprint density at radius 2 is 1.50 bits per heavy atom. The van der Waals surface area contributed by atoms with Crippen molar-refractivity contribution in [2.24, 2.45) is 5.10 Å². The summed E-state index contributed by atoms with van der Waals surface area (Å²) in [6.07, 6.45) is 1.24. The van der Waals surface area contributed by atoms with Gasteiger partial charge in [0.15, 0.2) is 0 Å². The molecule has 10 nitrogen and oxygen atoms in total. The van der Waals surface area contributed by atoms with Crippen LogP contribution >= 0.6 is 0 Å². The molecule has 0 spiro atoms. The first-order valence-electron chi connectivity index (χ1n) is 12.2. The molecule has 0 bridgehead atoms. The second kappa shape index (κ2) is 12.8. The van der Waals surface area contributed by atoms with Gasteiger partial charge in [-0.15, -0.1) is 0 Å². The summed E-state index contributed by atoms with van der Waals surface area (Å²) in [4.78, 5) is 12.9. The van der Waals surface area contributed by atoms with E-state index in [0.717, 1.165) is 15.4 Å². The smallest absolute Gasteiger partial charge is 0.255 e. The number of aryl methyl sites for hydroxylation is 1. The molecule has 0 aliphatic rings. The van der Waals surface area contributed by atoms with Crippen LogP contribution in [0.3, 0.4) is 0 Å². The molecule has 0 aliphatic carbocycles. The fourth-order valence-corrected chi connectivity index (χ4v) is 6.04. The lowest BCUT2D eigenvalue weighted by molar-refractivity contribution is -0.121. The number of furan rings is 1. The van der Waals surface area contributed by atoms with E-state index in [1.165, 1.54) is 30.5 Å². The van der Waals surface area contributed by atoms with E-state index in [4.69, 9.17) is 4.42 Å². The van der Waals surface area contributed by atoms with E-state index in [1.54, 1.807) is 66.7 Å². The summed E-state index contributed by atoms with van der Waals surface area (Å²) in [6.45, 7) is 1.32. The lowest BCUT2D eigenvalue weighted by Crippen LogP contribution is -2.39. The van der Waals surface area contributed by atoms with Crippen molar-refractivity contribution in [3.63, 3.8) is 0 Å². The third-order valence-corrected chi connectivity index (χ3v) is 8.96. The molecule has 1 heterocycles. The van der Waals surface area contributed by atoms with Gasteiger partial charge in [-0.25, -0.2) is 27.0 Å². The first-order chi connectivity index (χ1) is 19.1. The fraction of sp³-hybridized carbons (Fsp3) is 0.143. The summed E-state index contributed by atoms with van der Waals surface area (Å²) >= 11 is 0. The number of benzene rings is 3. The van der Waals surface area contributed by atoms with Crippen LogP contribution in [0.4, 0.5) is 0 Å². The Hall–Kier alpha value is -4.10. The summed E-state index contributed by atoms with van der Waals surface area (Å²) in [6, 6.07) is 26.4. The molecule has 1 amide bonds. The second-order valence-electron chi connectivity index (χ2n) is 8.81. The predicted molar refractivity (Wildman–Crippen MR) is 150 cm³/mol. The lowest BCUT2D eigenvalue weighted by Gasteiger charge is -2.21. The molecule has 0 fully saturated rings. The van der Waals surface area contributed by atoms with Gasteiger partial charge in [0.2, 0.25) is 20.0 Å². The van der Waals surface area contributed by atoms with Crippen molar-refractivity contribution in [1.82, 2.24) is 14.5 Å². The van der Waals surface area contributed by atoms with Crippen LogP contribution in [0.2, 0.25) is 0 Å². The van der Waals surface area contributed by atoms with Crippen LogP contribution in [-0.4, -0.2) is 39.8 Å². The lowest BCUT2D eigenvalue weighted by atomic mass is 10.2. The van der Waals surface area contributed by atoms with Gasteiger partial charge in [-0.3, -0.25) is 4.79 Å². The molecule has 208 valence electrons. The average Bonchev–Trinajstić information content (AvgIpc) is 3.41. The minimum atomic E-state index is -3.96. The Kier molecular flexibility index (Phi) is 9.27. The van der Waals surface area contributed by atoms with E-state index in [-0.39, 0.29) is 28.6 Å². The number of sulfonamides is 2. The molecule has 4 rings (SSSR count). The van der Waals surface area contributed by atoms with E-state index < -0.39 is 32.5 Å². The number of hydrogen-bond donors (Lipinski definition) is 2. The van der Waals surface area contributed by atoms with Crippen LogP contribution in [0.25, 0.3) is 0 Å². The van der Waals surface area contributed by atoms with Gasteiger partial charge in [0.05, 0.1) is 29.1 Å². The van der Waals surface area contributed by atoms with Crippen LogP contribution in [0.1, 0.15) is 22.6 Å². The van der Waals surface area contributed by atoms with Crippen molar-refractivity contribution in [3.8, 4) is 0 Å². The van der Waals surface area contributed by atoms with E-state index in [2.05, 4.69) is 15.2 Å². The second-order valence-corrected chi connectivity index (χ2v) is 12.5. The van der Waals surface area contributed by atoms with Crippen LogP contribution in [-0.2, 0) is 37.9 Å². The Balaban J connectivity index is 1.36. The number of nitrogens with zero attached hydrogens (tertiary/aromatic N) is 2. The van der Waals surface area contributed by atoms with Crippen molar-refractivity contribution in [2.75, 3.05) is 6.54 Å². The molecular formula is C28H28N4O6S2. The van der Waals surface area contributed by atoms with Crippen molar-refractivity contribution < 1.29 is 26.0 Å². The summed E-state index contributed by atoms with van der Waals surface area (Å²) < 4.78 is 60.5. The number of hydrazone groups is 1. The highest BCUT2D eigenvalue weighted by Gasteiger charge is 2.26. The molecule has 4 aromatic rings. The molecule has 0 unspecified atom stereocenters. The van der Waals surface area contributed by atoms with E-state index >= 15 is 0 Å². The number of nitrogens with one attached hydrogen (secondary N) is 2. The van der Waals surface area contributed by atoms with Crippen molar-refractivity contribution in [2.45, 2.75) is 29.8 Å². The SMILES string of the molecule is Cc1ccc(S(=O)(=O)NCc2ccc(/C=N\NC(=O)CN(Cc3ccccc3)S(=O)(=O)c3ccccc3)o2)cc1. The molecule has 0 saturated heterocycles. The maximum absolute atomic E-state index is 13.3. The fourth-order valence-electron chi connectivity index (χ4n) is 3.64. The summed E-state index contributed by atoms with van der Waals surface area (Å²) in [5, 5.41) is 3.86. The first kappa shape index (κ1) is 28.9. The van der Waals surface area contributed by atoms with Gasteiger partial charge < -0.3 is 4.42 Å². The van der Waals surface area contributed by atoms with Crippen LogP contribution in [0.5, 0.6) is 0 Å². The van der Waals surface area contributed by atoms with Gasteiger partial charge in [0.1, 0.15) is 11.5 Å². The zero-order chi connectivity index (χ0) is 28.6. The minimum Gasteiger partial charge on any atom is -0.459 e. The quantitative estimate of drug-likeness (QED) is 0.195. The molecule has 40 heavy (non-hydrogen) atoms. The zero-order valence-electron chi connectivity index (χ0n) is 21.6. The highest BCUT2D eigenvalue weighted by Crippen LogP contribution is 2.18. The highest BCUT2D eigenvalue weighted by atomic mass is 32.2. The number of carbonyl (C=O) groups excluding carboxylic acids is 1. The van der Waals surface area contributed by atoms with Crippen LogP contribution in [0, 0.1) is 6.92 Å². The Morgan fingerprint density at radius 1 is 0.850 bits per heavy atom. The van der Waals surface area contributed by atoms with Crippen molar-refractivity contribution >= 4 is 32.2 Å². The van der Waals surface area contributed by atoms with Crippen LogP contribution in [0.15, 0.2) is 116 Å². The monoisotopic (exact) mass is 580 g/mol. The molecule has 0 saturated carbocycles. The Bertz CT molecular complexity index is 1670. The van der Waals surface area contributed by atoms with Gasteiger partial charge in [-0.2, -0.15) is 9.41 Å². The number of carbonyl (C=O) groups is 1. The standard InChI is InChI=1S/C28H28N4O6S2/c1-22-12-16-26(17-13-22)39(34,35)30-19-25-15-14-24(38-25)18-29-31-28(33)21-32(20-23-8-4-2-5-9-23)40(36,37)27-10-6-3-7-11-27/h2-18,30H,19-21H2,1H3,(H,31,33)/b29-18-. The topological polar surface area (TPSA) is 138 Å². The normalized spacial score (nSPS) is 12.2.